The summed E-state index contributed by atoms with van der Waals surface area (Å²) in [6.07, 6.45) is 5.21. The summed E-state index contributed by atoms with van der Waals surface area (Å²) in [7, 11) is 0. The second-order valence-corrected chi connectivity index (χ2v) is 7.59. The van der Waals surface area contributed by atoms with E-state index in [1.165, 1.54) is 36.2 Å². The Morgan fingerprint density at radius 3 is 2.48 bits per heavy atom. The maximum Gasteiger partial charge on any atom is 0.238 e. The van der Waals surface area contributed by atoms with Crippen LogP contribution in [0.25, 0.3) is 0 Å². The maximum atomic E-state index is 12.1. The van der Waals surface area contributed by atoms with E-state index in [9.17, 15) is 4.79 Å². The average Bonchev–Trinajstić information content (AvgIpc) is 3.03. The van der Waals surface area contributed by atoms with Crippen molar-refractivity contribution in [2.24, 2.45) is 0 Å². The van der Waals surface area contributed by atoms with E-state index in [-0.39, 0.29) is 11.9 Å². The van der Waals surface area contributed by atoms with E-state index in [4.69, 9.17) is 0 Å². The summed E-state index contributed by atoms with van der Waals surface area (Å²) in [6.45, 7) is 4.66. The number of rotatable bonds is 6. The highest BCUT2D eigenvalue weighted by atomic mass is 32.1. The molecule has 2 aromatic rings. The number of nitrogens with one attached hydrogen (secondary N) is 2. The first-order valence-electron chi connectivity index (χ1n) is 9.14. The van der Waals surface area contributed by atoms with Crippen LogP contribution in [-0.4, -0.2) is 25.5 Å². The fourth-order valence-electron chi connectivity index (χ4n) is 3.17. The second kappa shape index (κ2) is 9.02. The van der Waals surface area contributed by atoms with Crippen molar-refractivity contribution < 1.29 is 4.79 Å². The van der Waals surface area contributed by atoms with Gasteiger partial charge >= 0.3 is 0 Å². The predicted octanol–water partition coefficient (Wildman–Crippen LogP) is 4.42. The van der Waals surface area contributed by atoms with E-state index in [0.717, 1.165) is 18.8 Å². The Hall–Kier alpha value is -1.85. The Labute approximate surface area is 154 Å². The predicted molar refractivity (Wildman–Crippen MR) is 106 cm³/mol. The van der Waals surface area contributed by atoms with Crippen LogP contribution in [0.4, 0.5) is 11.4 Å². The Bertz CT molecular complexity index is 646. The second-order valence-electron chi connectivity index (χ2n) is 6.61. The smallest absolute Gasteiger partial charge is 0.238 e. The number of thiophene rings is 1. The molecule has 1 aliphatic rings. The van der Waals surface area contributed by atoms with E-state index < -0.39 is 0 Å². The molecule has 1 fully saturated rings. The highest BCUT2D eigenvalue weighted by Crippen LogP contribution is 2.22. The molecule has 1 aromatic carbocycles. The van der Waals surface area contributed by atoms with Crippen molar-refractivity contribution in [3.05, 3.63) is 46.7 Å². The third-order valence-electron chi connectivity index (χ3n) is 4.66. The quantitative estimate of drug-likeness (QED) is 0.804. The van der Waals surface area contributed by atoms with Crippen LogP contribution in [0.2, 0.25) is 0 Å². The summed E-state index contributed by atoms with van der Waals surface area (Å²) < 4.78 is 0. The van der Waals surface area contributed by atoms with Crippen molar-refractivity contribution in [1.29, 1.82) is 0 Å². The van der Waals surface area contributed by atoms with Crippen molar-refractivity contribution in [3.8, 4) is 0 Å². The lowest BCUT2D eigenvalue weighted by Crippen LogP contribution is -2.29. The van der Waals surface area contributed by atoms with Gasteiger partial charge in [-0.15, -0.1) is 11.3 Å². The topological polar surface area (TPSA) is 44.4 Å². The van der Waals surface area contributed by atoms with Crippen LogP contribution in [0.3, 0.4) is 0 Å². The zero-order valence-electron chi connectivity index (χ0n) is 14.8. The Morgan fingerprint density at radius 1 is 1.12 bits per heavy atom. The minimum Gasteiger partial charge on any atom is -0.372 e. The largest absolute Gasteiger partial charge is 0.372 e. The van der Waals surface area contributed by atoms with Gasteiger partial charge in [-0.3, -0.25) is 4.79 Å². The van der Waals surface area contributed by atoms with E-state index in [1.54, 1.807) is 11.3 Å². The monoisotopic (exact) mass is 357 g/mol. The molecule has 1 aliphatic heterocycles. The van der Waals surface area contributed by atoms with Crippen molar-refractivity contribution in [2.45, 2.75) is 38.6 Å². The normalized spacial score (nSPS) is 16.3. The van der Waals surface area contributed by atoms with Crippen LogP contribution in [0.15, 0.2) is 41.8 Å². The minimum absolute atomic E-state index is 0.00840. The Morgan fingerprint density at radius 2 is 1.84 bits per heavy atom. The van der Waals surface area contributed by atoms with E-state index in [1.807, 2.05) is 18.2 Å². The van der Waals surface area contributed by atoms with Crippen molar-refractivity contribution in [1.82, 2.24) is 5.32 Å². The molecule has 1 aromatic heterocycles. The number of hydrogen-bond donors (Lipinski definition) is 2. The Kier molecular flexibility index (Phi) is 6.48. The van der Waals surface area contributed by atoms with E-state index >= 15 is 0 Å². The van der Waals surface area contributed by atoms with Gasteiger partial charge in [-0.2, -0.15) is 0 Å². The zero-order valence-corrected chi connectivity index (χ0v) is 15.6. The van der Waals surface area contributed by atoms with Gasteiger partial charge in [0.1, 0.15) is 0 Å². The molecule has 1 amide bonds. The Balaban J connectivity index is 1.48. The number of carbonyl (C=O) groups excluding carboxylic acids is 1. The van der Waals surface area contributed by atoms with Gasteiger partial charge in [0.25, 0.3) is 0 Å². The SMILES string of the molecule is C[C@H](NCC(=O)Nc1ccc(N2CCCCCC2)cc1)c1cccs1. The third-order valence-corrected chi connectivity index (χ3v) is 5.72. The molecule has 1 atom stereocenters. The number of anilines is 2. The molecule has 25 heavy (non-hydrogen) atoms. The molecule has 0 radical (unpaired) electrons. The number of benzene rings is 1. The summed E-state index contributed by atoms with van der Waals surface area (Å²) in [4.78, 5) is 15.8. The van der Waals surface area contributed by atoms with Gasteiger partial charge in [-0.25, -0.2) is 0 Å². The summed E-state index contributed by atoms with van der Waals surface area (Å²) in [5, 5.41) is 8.29. The molecule has 2 N–H and O–H groups in total. The lowest BCUT2D eigenvalue weighted by molar-refractivity contribution is -0.115. The molecule has 5 heteroatoms. The van der Waals surface area contributed by atoms with Crippen LogP contribution < -0.4 is 15.5 Å². The van der Waals surface area contributed by atoms with Crippen LogP contribution in [0.5, 0.6) is 0 Å². The fourth-order valence-corrected chi connectivity index (χ4v) is 3.93. The molecule has 0 bridgehead atoms. The standard InChI is InChI=1S/C20H27N3OS/c1-16(19-7-6-14-25-19)21-15-20(24)22-17-8-10-18(11-9-17)23-12-4-2-3-5-13-23/h6-11,14,16,21H,2-5,12-13,15H2,1H3,(H,22,24)/t16-/m0/s1. The third kappa shape index (κ3) is 5.31. The zero-order chi connectivity index (χ0) is 17.5. The van der Waals surface area contributed by atoms with Crippen molar-refractivity contribution in [3.63, 3.8) is 0 Å². The first-order chi connectivity index (χ1) is 12.2. The lowest BCUT2D eigenvalue weighted by Gasteiger charge is -2.22. The molecular weight excluding hydrogens is 330 g/mol. The molecule has 0 spiro atoms. The van der Waals surface area contributed by atoms with Crippen molar-refractivity contribution in [2.75, 3.05) is 29.9 Å². The summed E-state index contributed by atoms with van der Waals surface area (Å²) in [5.74, 6) is -0.00840. The number of amides is 1. The van der Waals surface area contributed by atoms with Crippen molar-refractivity contribution >= 4 is 28.6 Å². The molecule has 1 saturated heterocycles. The van der Waals surface area contributed by atoms with Gasteiger partial charge in [-0.1, -0.05) is 18.9 Å². The van der Waals surface area contributed by atoms with E-state index in [0.29, 0.717) is 6.54 Å². The van der Waals surface area contributed by atoms with Gasteiger partial charge in [0.05, 0.1) is 6.54 Å². The maximum absolute atomic E-state index is 12.1. The molecule has 134 valence electrons. The van der Waals surface area contributed by atoms with Crippen LogP contribution in [-0.2, 0) is 4.79 Å². The van der Waals surface area contributed by atoms with Gasteiger partial charge in [0.15, 0.2) is 0 Å². The number of carbonyl (C=O) groups is 1. The number of hydrogen-bond acceptors (Lipinski definition) is 4. The molecule has 2 heterocycles. The number of nitrogens with zero attached hydrogens (tertiary/aromatic N) is 1. The van der Waals surface area contributed by atoms with Gasteiger partial charge in [0, 0.05) is 35.4 Å². The van der Waals surface area contributed by atoms with Crippen LogP contribution in [0.1, 0.15) is 43.5 Å². The van der Waals surface area contributed by atoms with Gasteiger partial charge in [-0.05, 0) is 55.5 Å². The summed E-state index contributed by atoms with van der Waals surface area (Å²) in [6, 6.07) is 12.5. The molecular formula is C20H27N3OS. The lowest BCUT2D eigenvalue weighted by atomic mass is 10.2. The van der Waals surface area contributed by atoms with Crippen LogP contribution in [0, 0.1) is 0 Å². The minimum atomic E-state index is -0.00840. The van der Waals surface area contributed by atoms with Gasteiger partial charge < -0.3 is 15.5 Å². The molecule has 0 aliphatic carbocycles. The molecule has 0 unspecified atom stereocenters. The average molecular weight is 358 g/mol. The van der Waals surface area contributed by atoms with E-state index in [2.05, 4.69) is 46.0 Å². The first-order valence-corrected chi connectivity index (χ1v) is 10.0. The first kappa shape index (κ1) is 18.0. The highest BCUT2D eigenvalue weighted by molar-refractivity contribution is 7.10. The molecule has 0 saturated carbocycles. The summed E-state index contributed by atoms with van der Waals surface area (Å²) in [5.41, 5.74) is 2.11. The molecule has 4 nitrogen and oxygen atoms in total. The summed E-state index contributed by atoms with van der Waals surface area (Å²) >= 11 is 1.70. The molecule has 3 rings (SSSR count). The van der Waals surface area contributed by atoms with Gasteiger partial charge in [0.2, 0.25) is 5.91 Å². The highest BCUT2D eigenvalue weighted by Gasteiger charge is 2.11. The van der Waals surface area contributed by atoms with Crippen LogP contribution >= 0.6 is 11.3 Å². The fraction of sp³-hybridized carbons (Fsp3) is 0.450.